The minimum absolute atomic E-state index is 0.0502. The van der Waals surface area contributed by atoms with Gasteiger partial charge in [0.1, 0.15) is 0 Å². The molecule has 0 rings (SSSR count). The van der Waals surface area contributed by atoms with E-state index in [2.05, 4.69) is 32.2 Å². The summed E-state index contributed by atoms with van der Waals surface area (Å²) in [5.74, 6) is -0.227. The third-order valence-corrected chi connectivity index (χ3v) is 2.52. The number of hydrogen-bond acceptors (Lipinski definition) is 3. The van der Waals surface area contributed by atoms with E-state index in [1.807, 2.05) is 0 Å². The fourth-order valence-corrected chi connectivity index (χ4v) is 1.51. The Labute approximate surface area is 105 Å². The zero-order valence-corrected chi connectivity index (χ0v) is 11.6. The number of hydrogen-bond donors (Lipinski definition) is 2. The van der Waals surface area contributed by atoms with Gasteiger partial charge in [0.2, 0.25) is 5.91 Å². The highest BCUT2D eigenvalue weighted by molar-refractivity contribution is 5.79. The number of rotatable bonds is 5. The third-order valence-electron chi connectivity index (χ3n) is 2.52. The molecule has 98 valence electrons. The largest absolute Gasteiger partial charge is 0.354 e. The lowest BCUT2D eigenvalue weighted by Crippen LogP contribution is -2.41. The zero-order chi connectivity index (χ0) is 13.7. The van der Waals surface area contributed by atoms with Gasteiger partial charge in [-0.2, -0.15) is 5.26 Å². The van der Waals surface area contributed by atoms with Crippen LogP contribution in [-0.2, 0) is 4.79 Å². The molecule has 0 aromatic carbocycles. The molecule has 1 unspecified atom stereocenters. The van der Waals surface area contributed by atoms with E-state index in [1.165, 1.54) is 0 Å². The molecule has 0 aliphatic carbocycles. The molecule has 4 heteroatoms. The van der Waals surface area contributed by atoms with Gasteiger partial charge in [-0.15, -0.1) is 0 Å². The number of nitrogens with zero attached hydrogens (tertiary/aromatic N) is 1. The summed E-state index contributed by atoms with van der Waals surface area (Å²) < 4.78 is 0. The van der Waals surface area contributed by atoms with Crippen LogP contribution in [0.15, 0.2) is 0 Å². The first kappa shape index (κ1) is 15.9. The molecular formula is C13H25N3O. The summed E-state index contributed by atoms with van der Waals surface area (Å²) in [6, 6.07) is 2.16. The average molecular weight is 239 g/mol. The SMILES string of the molecule is CC(C)(C)CC(CN)C(=O)NCC(C)(C)C#N. The molecule has 0 fully saturated rings. The Bertz CT molecular complexity index is 297. The number of nitriles is 1. The second-order valence-electron chi connectivity index (χ2n) is 6.41. The van der Waals surface area contributed by atoms with Crippen LogP contribution >= 0.6 is 0 Å². The molecule has 0 saturated heterocycles. The minimum atomic E-state index is -0.531. The van der Waals surface area contributed by atoms with E-state index < -0.39 is 5.41 Å². The minimum Gasteiger partial charge on any atom is -0.354 e. The van der Waals surface area contributed by atoms with Crippen molar-refractivity contribution in [1.29, 1.82) is 5.26 Å². The van der Waals surface area contributed by atoms with Crippen molar-refractivity contribution in [2.75, 3.05) is 13.1 Å². The van der Waals surface area contributed by atoms with Crippen molar-refractivity contribution in [3.05, 3.63) is 0 Å². The molecule has 0 aromatic heterocycles. The van der Waals surface area contributed by atoms with Crippen molar-refractivity contribution in [2.24, 2.45) is 22.5 Å². The first-order valence-electron chi connectivity index (χ1n) is 6.00. The van der Waals surface area contributed by atoms with Crippen molar-refractivity contribution in [3.8, 4) is 6.07 Å². The molecule has 1 amide bonds. The summed E-state index contributed by atoms with van der Waals surface area (Å²) in [6.45, 7) is 10.6. The highest BCUT2D eigenvalue weighted by Crippen LogP contribution is 2.24. The fourth-order valence-electron chi connectivity index (χ4n) is 1.51. The van der Waals surface area contributed by atoms with Gasteiger partial charge in [-0.05, 0) is 25.7 Å². The Balaban J connectivity index is 4.34. The molecule has 3 N–H and O–H groups in total. The summed E-state index contributed by atoms with van der Waals surface area (Å²) in [6.07, 6.45) is 0.752. The lowest BCUT2D eigenvalue weighted by Gasteiger charge is -2.25. The van der Waals surface area contributed by atoms with Crippen LogP contribution in [0.3, 0.4) is 0 Å². The van der Waals surface area contributed by atoms with Gasteiger partial charge < -0.3 is 11.1 Å². The fraction of sp³-hybridized carbons (Fsp3) is 0.846. The normalized spacial score (nSPS) is 13.9. The van der Waals surface area contributed by atoms with Crippen LogP contribution < -0.4 is 11.1 Å². The van der Waals surface area contributed by atoms with Crippen LogP contribution in [0, 0.1) is 28.1 Å². The molecule has 0 heterocycles. The van der Waals surface area contributed by atoms with E-state index in [0.29, 0.717) is 13.1 Å². The number of carbonyl (C=O) groups is 1. The van der Waals surface area contributed by atoms with E-state index in [0.717, 1.165) is 6.42 Å². The van der Waals surface area contributed by atoms with Gasteiger partial charge in [0.15, 0.2) is 0 Å². The quantitative estimate of drug-likeness (QED) is 0.766. The highest BCUT2D eigenvalue weighted by atomic mass is 16.1. The third kappa shape index (κ3) is 6.96. The van der Waals surface area contributed by atoms with E-state index in [-0.39, 0.29) is 17.2 Å². The van der Waals surface area contributed by atoms with Crippen LogP contribution in [0.4, 0.5) is 0 Å². The van der Waals surface area contributed by atoms with Crippen LogP contribution in [0.1, 0.15) is 41.0 Å². The standard InChI is InChI=1S/C13H25N3O/c1-12(2,3)6-10(7-14)11(17)16-9-13(4,5)8-15/h10H,6-7,9,14H2,1-5H3,(H,16,17). The molecule has 1 atom stereocenters. The van der Waals surface area contributed by atoms with Gasteiger partial charge in [0, 0.05) is 13.1 Å². The molecule has 0 bridgehead atoms. The van der Waals surface area contributed by atoms with Gasteiger partial charge in [0.25, 0.3) is 0 Å². The van der Waals surface area contributed by atoms with Crippen molar-refractivity contribution >= 4 is 5.91 Å². The Morgan fingerprint density at radius 3 is 2.24 bits per heavy atom. The average Bonchev–Trinajstić information content (AvgIpc) is 2.21. The predicted molar refractivity (Wildman–Crippen MR) is 69.0 cm³/mol. The Hall–Kier alpha value is -1.08. The van der Waals surface area contributed by atoms with Crippen molar-refractivity contribution < 1.29 is 4.79 Å². The summed E-state index contributed by atoms with van der Waals surface area (Å²) >= 11 is 0. The van der Waals surface area contributed by atoms with E-state index >= 15 is 0 Å². The summed E-state index contributed by atoms with van der Waals surface area (Å²) in [7, 11) is 0. The molecule has 0 spiro atoms. The van der Waals surface area contributed by atoms with Gasteiger partial charge in [0.05, 0.1) is 17.4 Å². The summed E-state index contributed by atoms with van der Waals surface area (Å²) in [5, 5.41) is 11.7. The second kappa shape index (κ2) is 6.02. The number of nitrogens with two attached hydrogens (primary N) is 1. The maximum Gasteiger partial charge on any atom is 0.224 e. The topological polar surface area (TPSA) is 78.9 Å². The molecule has 4 nitrogen and oxygen atoms in total. The van der Waals surface area contributed by atoms with Crippen molar-refractivity contribution in [2.45, 2.75) is 41.0 Å². The van der Waals surface area contributed by atoms with Gasteiger partial charge in [-0.3, -0.25) is 4.79 Å². The van der Waals surface area contributed by atoms with Crippen LogP contribution in [0.5, 0.6) is 0 Å². The Kier molecular flexibility index (Phi) is 5.63. The number of amides is 1. The molecule has 17 heavy (non-hydrogen) atoms. The van der Waals surface area contributed by atoms with E-state index in [4.69, 9.17) is 11.0 Å². The van der Waals surface area contributed by atoms with Crippen LogP contribution in [0.2, 0.25) is 0 Å². The van der Waals surface area contributed by atoms with Crippen LogP contribution in [0.25, 0.3) is 0 Å². The number of nitrogens with one attached hydrogen (secondary N) is 1. The lowest BCUT2D eigenvalue weighted by molar-refractivity contribution is -0.125. The molecular weight excluding hydrogens is 214 g/mol. The van der Waals surface area contributed by atoms with Crippen molar-refractivity contribution in [3.63, 3.8) is 0 Å². The Morgan fingerprint density at radius 2 is 1.88 bits per heavy atom. The van der Waals surface area contributed by atoms with Crippen LogP contribution in [-0.4, -0.2) is 19.0 Å². The predicted octanol–water partition coefficient (Wildman–Crippen LogP) is 1.66. The van der Waals surface area contributed by atoms with E-state index in [1.54, 1.807) is 13.8 Å². The van der Waals surface area contributed by atoms with Gasteiger partial charge in [-0.25, -0.2) is 0 Å². The molecule has 0 radical (unpaired) electrons. The maximum atomic E-state index is 11.9. The monoisotopic (exact) mass is 239 g/mol. The smallest absolute Gasteiger partial charge is 0.224 e. The summed E-state index contributed by atoms with van der Waals surface area (Å²) in [5.41, 5.74) is 5.17. The Morgan fingerprint density at radius 1 is 1.35 bits per heavy atom. The summed E-state index contributed by atoms with van der Waals surface area (Å²) in [4.78, 5) is 11.9. The maximum absolute atomic E-state index is 11.9. The highest BCUT2D eigenvalue weighted by Gasteiger charge is 2.25. The van der Waals surface area contributed by atoms with E-state index in [9.17, 15) is 4.79 Å². The zero-order valence-electron chi connectivity index (χ0n) is 11.6. The lowest BCUT2D eigenvalue weighted by atomic mass is 9.84. The molecule has 0 aromatic rings. The second-order valence-corrected chi connectivity index (χ2v) is 6.41. The van der Waals surface area contributed by atoms with Gasteiger partial charge in [-0.1, -0.05) is 20.8 Å². The molecule has 0 aliphatic rings. The molecule has 0 saturated carbocycles. The first-order valence-corrected chi connectivity index (χ1v) is 6.00. The van der Waals surface area contributed by atoms with Crippen molar-refractivity contribution in [1.82, 2.24) is 5.32 Å². The number of carbonyl (C=O) groups excluding carboxylic acids is 1. The molecule has 0 aliphatic heterocycles. The van der Waals surface area contributed by atoms with Gasteiger partial charge >= 0.3 is 0 Å². The first-order chi connectivity index (χ1) is 7.61.